The van der Waals surface area contributed by atoms with Crippen LogP contribution in [-0.4, -0.2) is 47.1 Å². The van der Waals surface area contributed by atoms with E-state index in [4.69, 9.17) is 4.74 Å². The molecule has 0 amide bonds. The van der Waals surface area contributed by atoms with Crippen LogP contribution in [-0.2, 0) is 0 Å². The minimum absolute atomic E-state index is 0.555. The normalized spacial score (nSPS) is 10.7. The molecular formula is C20H23N5O. The largest absolute Gasteiger partial charge is 0.494 e. The van der Waals surface area contributed by atoms with Gasteiger partial charge in [-0.2, -0.15) is 0 Å². The predicted molar refractivity (Wildman–Crippen MR) is 104 cm³/mol. The third-order valence-electron chi connectivity index (χ3n) is 3.76. The van der Waals surface area contributed by atoms with Gasteiger partial charge < -0.3 is 15.0 Å². The van der Waals surface area contributed by atoms with E-state index in [2.05, 4.69) is 39.3 Å². The van der Waals surface area contributed by atoms with Crippen LogP contribution in [0.2, 0.25) is 0 Å². The van der Waals surface area contributed by atoms with Crippen LogP contribution in [0.4, 0.5) is 11.6 Å². The van der Waals surface area contributed by atoms with E-state index in [0.717, 1.165) is 35.7 Å². The molecule has 2 aromatic heterocycles. The molecule has 0 aliphatic heterocycles. The third-order valence-corrected chi connectivity index (χ3v) is 3.76. The molecule has 1 N–H and O–H groups in total. The van der Waals surface area contributed by atoms with Crippen molar-refractivity contribution in [2.75, 3.05) is 32.6 Å². The molecule has 0 spiro atoms. The fourth-order valence-electron chi connectivity index (χ4n) is 2.44. The summed E-state index contributed by atoms with van der Waals surface area (Å²) in [6.45, 7) is 1.73. The van der Waals surface area contributed by atoms with Crippen LogP contribution in [0.5, 0.6) is 5.75 Å². The summed E-state index contributed by atoms with van der Waals surface area (Å²) >= 11 is 0. The number of benzene rings is 1. The van der Waals surface area contributed by atoms with E-state index in [1.165, 1.54) is 0 Å². The summed E-state index contributed by atoms with van der Waals surface area (Å²) in [6.07, 6.45) is 6.25. The Kier molecular flexibility index (Phi) is 6.11. The lowest BCUT2D eigenvalue weighted by molar-refractivity contribution is 0.281. The second-order valence-corrected chi connectivity index (χ2v) is 6.16. The van der Waals surface area contributed by atoms with E-state index < -0.39 is 0 Å². The molecule has 0 aliphatic rings. The first-order valence-corrected chi connectivity index (χ1v) is 8.59. The van der Waals surface area contributed by atoms with E-state index >= 15 is 0 Å². The summed E-state index contributed by atoms with van der Waals surface area (Å²) in [5, 5.41) is 3.22. The Morgan fingerprint density at radius 3 is 2.46 bits per heavy atom. The standard InChI is InChI=1S/C20H23N5O/c1-25(2)14-3-15-26-18-6-4-17(5-7-18)23-20-22-13-10-19(24-20)16-8-11-21-12-9-16/h4-13H,3,14-15H2,1-2H3,(H,22,23,24). The average Bonchev–Trinajstić information content (AvgIpc) is 2.67. The maximum absolute atomic E-state index is 5.75. The topological polar surface area (TPSA) is 63.2 Å². The maximum atomic E-state index is 5.75. The van der Waals surface area contributed by atoms with Crippen molar-refractivity contribution in [3.8, 4) is 17.0 Å². The Balaban J connectivity index is 1.59. The van der Waals surface area contributed by atoms with E-state index in [1.54, 1.807) is 18.6 Å². The quantitative estimate of drug-likeness (QED) is 0.627. The summed E-state index contributed by atoms with van der Waals surface area (Å²) in [5.74, 6) is 1.42. The molecule has 3 aromatic rings. The van der Waals surface area contributed by atoms with Crippen molar-refractivity contribution in [1.82, 2.24) is 19.9 Å². The highest BCUT2D eigenvalue weighted by atomic mass is 16.5. The summed E-state index contributed by atoms with van der Waals surface area (Å²) in [5.41, 5.74) is 2.77. The monoisotopic (exact) mass is 349 g/mol. The van der Waals surface area contributed by atoms with Crippen LogP contribution in [0.3, 0.4) is 0 Å². The second-order valence-electron chi connectivity index (χ2n) is 6.16. The predicted octanol–water partition coefficient (Wildman–Crippen LogP) is 3.61. The number of hydrogen-bond acceptors (Lipinski definition) is 6. The fraction of sp³-hybridized carbons (Fsp3) is 0.250. The van der Waals surface area contributed by atoms with Crippen molar-refractivity contribution >= 4 is 11.6 Å². The van der Waals surface area contributed by atoms with Crippen molar-refractivity contribution in [1.29, 1.82) is 0 Å². The maximum Gasteiger partial charge on any atom is 0.227 e. The molecule has 0 aliphatic carbocycles. The Morgan fingerprint density at radius 1 is 0.962 bits per heavy atom. The van der Waals surface area contributed by atoms with Gasteiger partial charge in [0.15, 0.2) is 0 Å². The summed E-state index contributed by atoms with van der Waals surface area (Å²) in [6, 6.07) is 13.6. The van der Waals surface area contributed by atoms with E-state index in [0.29, 0.717) is 12.6 Å². The van der Waals surface area contributed by atoms with Gasteiger partial charge in [0.25, 0.3) is 0 Å². The number of rotatable bonds is 8. The number of pyridine rings is 1. The van der Waals surface area contributed by atoms with Crippen molar-refractivity contribution in [3.05, 3.63) is 61.1 Å². The van der Waals surface area contributed by atoms with Crippen LogP contribution >= 0.6 is 0 Å². The van der Waals surface area contributed by atoms with Crippen LogP contribution in [0.1, 0.15) is 6.42 Å². The first-order chi connectivity index (χ1) is 12.7. The summed E-state index contributed by atoms with van der Waals surface area (Å²) < 4.78 is 5.75. The van der Waals surface area contributed by atoms with E-state index in [9.17, 15) is 0 Å². The highest BCUT2D eigenvalue weighted by molar-refractivity contribution is 5.61. The van der Waals surface area contributed by atoms with Gasteiger partial charge in [0.2, 0.25) is 5.95 Å². The number of hydrogen-bond donors (Lipinski definition) is 1. The Hall–Kier alpha value is -2.99. The molecule has 0 saturated carbocycles. The molecule has 0 radical (unpaired) electrons. The van der Waals surface area contributed by atoms with Gasteiger partial charge in [0, 0.05) is 36.4 Å². The molecule has 6 nitrogen and oxygen atoms in total. The highest BCUT2D eigenvalue weighted by Crippen LogP contribution is 2.20. The molecule has 0 fully saturated rings. The molecule has 26 heavy (non-hydrogen) atoms. The zero-order valence-electron chi connectivity index (χ0n) is 15.1. The van der Waals surface area contributed by atoms with Crippen molar-refractivity contribution in [2.45, 2.75) is 6.42 Å². The van der Waals surface area contributed by atoms with Gasteiger partial charge in [-0.05, 0) is 63.0 Å². The number of aromatic nitrogens is 3. The number of anilines is 2. The lowest BCUT2D eigenvalue weighted by Gasteiger charge is -2.11. The minimum Gasteiger partial charge on any atom is -0.494 e. The van der Waals surface area contributed by atoms with Crippen molar-refractivity contribution in [2.24, 2.45) is 0 Å². The van der Waals surface area contributed by atoms with Crippen LogP contribution in [0, 0.1) is 0 Å². The van der Waals surface area contributed by atoms with Gasteiger partial charge in [0.1, 0.15) is 5.75 Å². The zero-order chi connectivity index (χ0) is 18.2. The Bertz CT molecular complexity index is 806. The molecule has 0 bridgehead atoms. The van der Waals surface area contributed by atoms with E-state index in [-0.39, 0.29) is 0 Å². The Labute approximate surface area is 153 Å². The van der Waals surface area contributed by atoms with Gasteiger partial charge in [-0.15, -0.1) is 0 Å². The molecule has 3 rings (SSSR count). The van der Waals surface area contributed by atoms with Crippen molar-refractivity contribution in [3.63, 3.8) is 0 Å². The first-order valence-electron chi connectivity index (χ1n) is 8.59. The number of nitrogens with zero attached hydrogens (tertiary/aromatic N) is 4. The van der Waals surface area contributed by atoms with Crippen molar-refractivity contribution < 1.29 is 4.74 Å². The van der Waals surface area contributed by atoms with Gasteiger partial charge in [-0.25, -0.2) is 9.97 Å². The smallest absolute Gasteiger partial charge is 0.227 e. The molecule has 2 heterocycles. The Morgan fingerprint density at radius 2 is 1.73 bits per heavy atom. The lowest BCUT2D eigenvalue weighted by atomic mass is 10.2. The molecule has 1 aromatic carbocycles. The lowest BCUT2D eigenvalue weighted by Crippen LogP contribution is -2.15. The zero-order valence-corrected chi connectivity index (χ0v) is 15.1. The highest BCUT2D eigenvalue weighted by Gasteiger charge is 2.03. The molecule has 0 unspecified atom stereocenters. The number of ether oxygens (including phenoxy) is 1. The van der Waals surface area contributed by atoms with Gasteiger partial charge in [0.05, 0.1) is 12.3 Å². The van der Waals surface area contributed by atoms with Gasteiger partial charge in [-0.3, -0.25) is 4.98 Å². The average molecular weight is 349 g/mol. The van der Waals surface area contributed by atoms with Gasteiger partial charge in [-0.1, -0.05) is 0 Å². The summed E-state index contributed by atoms with van der Waals surface area (Å²) in [7, 11) is 4.12. The molecule has 0 saturated heterocycles. The minimum atomic E-state index is 0.555. The molecule has 134 valence electrons. The summed E-state index contributed by atoms with van der Waals surface area (Å²) in [4.78, 5) is 15.0. The molecular weight excluding hydrogens is 326 g/mol. The fourth-order valence-corrected chi connectivity index (χ4v) is 2.44. The molecule has 0 atom stereocenters. The number of nitrogens with one attached hydrogen (secondary N) is 1. The van der Waals surface area contributed by atoms with Gasteiger partial charge >= 0.3 is 0 Å². The van der Waals surface area contributed by atoms with Crippen LogP contribution in [0.15, 0.2) is 61.1 Å². The van der Waals surface area contributed by atoms with E-state index in [1.807, 2.05) is 42.5 Å². The second kappa shape index (κ2) is 8.92. The first kappa shape index (κ1) is 17.8. The van der Waals surface area contributed by atoms with Crippen LogP contribution < -0.4 is 10.1 Å². The SMILES string of the molecule is CN(C)CCCOc1ccc(Nc2nccc(-c3ccncc3)n2)cc1. The third kappa shape index (κ3) is 5.26. The molecule has 6 heteroatoms. The van der Waals surface area contributed by atoms with Crippen LogP contribution in [0.25, 0.3) is 11.3 Å².